The predicted octanol–water partition coefficient (Wildman–Crippen LogP) is 3.47. The number of aryl methyl sites for hydroxylation is 2. The molecular weight excluding hydrogens is 262 g/mol. The van der Waals surface area contributed by atoms with Gasteiger partial charge in [0.2, 0.25) is 5.95 Å². The maximum absolute atomic E-state index is 5.43. The average molecular weight is 291 g/mol. The van der Waals surface area contributed by atoms with Gasteiger partial charge in [0.15, 0.2) is 0 Å². The van der Waals surface area contributed by atoms with E-state index in [0.29, 0.717) is 0 Å². The Morgan fingerprint density at radius 3 is 2.67 bits per heavy atom. The summed E-state index contributed by atoms with van der Waals surface area (Å²) in [5.41, 5.74) is 1.10. The van der Waals surface area contributed by atoms with Crippen LogP contribution in [0, 0.1) is 24.7 Å². The van der Waals surface area contributed by atoms with Gasteiger partial charge >= 0.3 is 0 Å². The number of nitrogens with one attached hydrogen (secondary N) is 1. The molecule has 0 atom stereocenters. The molecule has 4 nitrogen and oxygen atoms in total. The quantitative estimate of drug-likeness (QED) is 0.671. The predicted molar refractivity (Wildman–Crippen MR) is 85.5 cm³/mol. The van der Waals surface area contributed by atoms with Crippen LogP contribution in [0.4, 0.5) is 5.95 Å². The fourth-order valence-corrected chi connectivity index (χ4v) is 3.32. The molecule has 0 unspecified atom stereocenters. The van der Waals surface area contributed by atoms with Crippen LogP contribution in [0.3, 0.4) is 0 Å². The molecule has 3 rings (SSSR count). The van der Waals surface area contributed by atoms with Crippen molar-refractivity contribution >= 4 is 5.95 Å². The molecule has 0 aliphatic heterocycles. The zero-order valence-electron chi connectivity index (χ0n) is 13.5. The van der Waals surface area contributed by atoms with Gasteiger partial charge in [0, 0.05) is 32.5 Å². The van der Waals surface area contributed by atoms with Gasteiger partial charge in [0.05, 0.1) is 5.69 Å². The number of hydrogen-bond donors (Lipinski definition) is 1. The average Bonchev–Trinajstić information content (AvgIpc) is 3.35. The Bertz CT molecular complexity index is 437. The maximum Gasteiger partial charge on any atom is 0.203 e. The van der Waals surface area contributed by atoms with Crippen LogP contribution in [0.1, 0.15) is 44.7 Å². The molecule has 0 radical (unpaired) electrons. The van der Waals surface area contributed by atoms with Crippen molar-refractivity contribution in [1.82, 2.24) is 9.55 Å². The number of aromatic nitrogens is 2. The minimum Gasteiger partial charge on any atom is -0.382 e. The summed E-state index contributed by atoms with van der Waals surface area (Å²) >= 11 is 0. The number of hydrogen-bond acceptors (Lipinski definition) is 3. The first-order valence-electron chi connectivity index (χ1n) is 8.63. The Morgan fingerprint density at radius 2 is 2.05 bits per heavy atom. The van der Waals surface area contributed by atoms with Crippen LogP contribution in [-0.4, -0.2) is 29.3 Å². The highest BCUT2D eigenvalue weighted by Gasteiger charge is 2.41. The minimum atomic E-state index is 0.804. The van der Waals surface area contributed by atoms with E-state index in [1.807, 2.05) is 6.92 Å². The van der Waals surface area contributed by atoms with Crippen LogP contribution in [0.25, 0.3) is 0 Å². The summed E-state index contributed by atoms with van der Waals surface area (Å²) in [5, 5.41) is 3.63. The van der Waals surface area contributed by atoms with E-state index in [1.54, 1.807) is 0 Å². The fraction of sp³-hybridized carbons (Fsp3) is 0.824. The molecule has 0 spiro atoms. The Balaban J connectivity index is 1.51. The van der Waals surface area contributed by atoms with Gasteiger partial charge in [-0.3, -0.25) is 0 Å². The van der Waals surface area contributed by atoms with E-state index in [1.165, 1.54) is 25.7 Å². The van der Waals surface area contributed by atoms with Crippen LogP contribution < -0.4 is 5.32 Å². The summed E-state index contributed by atoms with van der Waals surface area (Å²) in [5.74, 6) is 3.93. The second-order valence-corrected chi connectivity index (χ2v) is 6.67. The van der Waals surface area contributed by atoms with Gasteiger partial charge < -0.3 is 14.6 Å². The first-order valence-corrected chi connectivity index (χ1v) is 8.63. The van der Waals surface area contributed by atoms with E-state index in [-0.39, 0.29) is 0 Å². The summed E-state index contributed by atoms with van der Waals surface area (Å²) < 4.78 is 7.68. The zero-order valence-corrected chi connectivity index (χ0v) is 13.5. The number of nitrogens with zero attached hydrogens (tertiary/aromatic N) is 2. The molecule has 2 aliphatic rings. The number of imidazole rings is 1. The van der Waals surface area contributed by atoms with Crippen LogP contribution in [0.2, 0.25) is 0 Å². The second-order valence-electron chi connectivity index (χ2n) is 6.67. The first-order chi connectivity index (χ1) is 10.3. The lowest BCUT2D eigenvalue weighted by Gasteiger charge is -2.17. The standard InChI is InChI=1S/C17H29N3O/c1-3-21-10-4-9-20-12-13(2)19-17(20)18-11-16(14-5-6-14)15-7-8-15/h12,14-16H,3-11H2,1-2H3,(H,18,19). The van der Waals surface area contributed by atoms with Crippen molar-refractivity contribution in [2.45, 2.75) is 52.5 Å². The second kappa shape index (κ2) is 6.82. The van der Waals surface area contributed by atoms with Crippen LogP contribution in [0.15, 0.2) is 6.20 Å². The summed E-state index contributed by atoms with van der Waals surface area (Å²) in [4.78, 5) is 4.65. The van der Waals surface area contributed by atoms with Crippen molar-refractivity contribution in [3.8, 4) is 0 Å². The van der Waals surface area contributed by atoms with E-state index >= 15 is 0 Å². The van der Waals surface area contributed by atoms with E-state index in [0.717, 1.165) is 62.1 Å². The van der Waals surface area contributed by atoms with Crippen LogP contribution in [-0.2, 0) is 11.3 Å². The third-order valence-electron chi connectivity index (χ3n) is 4.74. The molecule has 2 saturated carbocycles. The largest absolute Gasteiger partial charge is 0.382 e. The van der Waals surface area contributed by atoms with Crippen molar-refractivity contribution in [3.63, 3.8) is 0 Å². The van der Waals surface area contributed by atoms with Gasteiger partial charge in [-0.25, -0.2) is 4.98 Å². The zero-order chi connectivity index (χ0) is 14.7. The van der Waals surface area contributed by atoms with Gasteiger partial charge in [0.25, 0.3) is 0 Å². The summed E-state index contributed by atoms with van der Waals surface area (Å²) in [6.45, 7) is 7.85. The summed E-state index contributed by atoms with van der Waals surface area (Å²) in [7, 11) is 0. The van der Waals surface area contributed by atoms with Gasteiger partial charge in [-0.05, 0) is 63.7 Å². The fourth-order valence-electron chi connectivity index (χ4n) is 3.32. The highest BCUT2D eigenvalue weighted by Crippen LogP contribution is 2.49. The summed E-state index contributed by atoms with van der Waals surface area (Å²) in [6.07, 6.45) is 9.00. The molecule has 1 aromatic heterocycles. The molecule has 2 fully saturated rings. The molecule has 0 amide bonds. The first kappa shape index (κ1) is 14.9. The van der Waals surface area contributed by atoms with E-state index in [9.17, 15) is 0 Å². The van der Waals surface area contributed by atoms with E-state index < -0.39 is 0 Å². The number of ether oxygens (including phenoxy) is 1. The molecule has 118 valence electrons. The van der Waals surface area contributed by atoms with Crippen molar-refractivity contribution in [3.05, 3.63) is 11.9 Å². The molecule has 0 saturated heterocycles. The van der Waals surface area contributed by atoms with Gasteiger partial charge in [-0.2, -0.15) is 0 Å². The van der Waals surface area contributed by atoms with Crippen molar-refractivity contribution in [1.29, 1.82) is 0 Å². The molecule has 1 heterocycles. The minimum absolute atomic E-state index is 0.804. The Labute approximate surface area is 128 Å². The third-order valence-corrected chi connectivity index (χ3v) is 4.74. The SMILES string of the molecule is CCOCCCn1cc(C)nc1NCC(C1CC1)C1CC1. The highest BCUT2D eigenvalue weighted by atomic mass is 16.5. The Morgan fingerprint density at radius 1 is 1.33 bits per heavy atom. The molecule has 0 bridgehead atoms. The molecule has 0 aromatic carbocycles. The lowest BCUT2D eigenvalue weighted by Crippen LogP contribution is -2.20. The highest BCUT2D eigenvalue weighted by molar-refractivity contribution is 5.29. The topological polar surface area (TPSA) is 39.1 Å². The molecule has 2 aliphatic carbocycles. The van der Waals surface area contributed by atoms with E-state index in [2.05, 4.69) is 28.0 Å². The Hall–Kier alpha value is -1.03. The van der Waals surface area contributed by atoms with Crippen molar-refractivity contribution in [2.24, 2.45) is 17.8 Å². The molecule has 21 heavy (non-hydrogen) atoms. The molecule has 4 heteroatoms. The number of rotatable bonds is 10. The monoisotopic (exact) mass is 291 g/mol. The molecule has 1 aromatic rings. The van der Waals surface area contributed by atoms with Gasteiger partial charge in [-0.1, -0.05) is 0 Å². The molecule has 1 N–H and O–H groups in total. The van der Waals surface area contributed by atoms with Gasteiger partial charge in [-0.15, -0.1) is 0 Å². The van der Waals surface area contributed by atoms with E-state index in [4.69, 9.17) is 4.74 Å². The lowest BCUT2D eigenvalue weighted by atomic mass is 9.98. The van der Waals surface area contributed by atoms with Crippen molar-refractivity contribution in [2.75, 3.05) is 25.1 Å². The van der Waals surface area contributed by atoms with Crippen LogP contribution in [0.5, 0.6) is 0 Å². The molecular formula is C17H29N3O. The van der Waals surface area contributed by atoms with Crippen molar-refractivity contribution < 1.29 is 4.74 Å². The normalized spacial score (nSPS) is 18.4. The lowest BCUT2D eigenvalue weighted by molar-refractivity contribution is 0.142. The van der Waals surface area contributed by atoms with Crippen LogP contribution >= 0.6 is 0 Å². The summed E-state index contributed by atoms with van der Waals surface area (Å²) in [6, 6.07) is 0. The number of anilines is 1. The van der Waals surface area contributed by atoms with Gasteiger partial charge in [0.1, 0.15) is 0 Å². The Kier molecular flexibility index (Phi) is 4.84. The maximum atomic E-state index is 5.43. The third kappa shape index (κ3) is 4.22. The smallest absolute Gasteiger partial charge is 0.203 e.